The number of rotatable bonds is 4. The van der Waals surface area contributed by atoms with Gasteiger partial charge in [-0.15, -0.1) is 0 Å². The van der Waals surface area contributed by atoms with Crippen LogP contribution in [0, 0.1) is 0 Å². The van der Waals surface area contributed by atoms with Gasteiger partial charge in [-0.1, -0.05) is 25.5 Å². The van der Waals surface area contributed by atoms with E-state index in [1.165, 1.54) is 5.56 Å². The van der Waals surface area contributed by atoms with E-state index >= 15 is 0 Å². The maximum absolute atomic E-state index is 12.1. The van der Waals surface area contributed by atoms with Crippen LogP contribution in [0.4, 0.5) is 5.69 Å². The van der Waals surface area contributed by atoms with Crippen molar-refractivity contribution in [3.63, 3.8) is 0 Å². The molecule has 0 atom stereocenters. The number of nitrogens with zero attached hydrogens (tertiary/aromatic N) is 1. The van der Waals surface area contributed by atoms with Crippen LogP contribution in [0.2, 0.25) is 0 Å². The van der Waals surface area contributed by atoms with Crippen LogP contribution in [0.1, 0.15) is 29.4 Å². The molecule has 1 amide bonds. The summed E-state index contributed by atoms with van der Waals surface area (Å²) in [7, 11) is 1.85. The number of halogens is 1. The first-order valence-corrected chi connectivity index (χ1v) is 7.11. The average Bonchev–Trinajstić information content (AvgIpc) is 2.71. The maximum atomic E-state index is 12.1. The van der Waals surface area contributed by atoms with Crippen molar-refractivity contribution >= 4 is 27.5 Å². The van der Waals surface area contributed by atoms with Crippen LogP contribution in [0.5, 0.6) is 0 Å². The van der Waals surface area contributed by atoms with E-state index in [4.69, 9.17) is 0 Å². The van der Waals surface area contributed by atoms with E-state index in [0.29, 0.717) is 5.69 Å². The molecule has 0 fully saturated rings. The maximum Gasteiger partial charge on any atom is 0.272 e. The normalized spacial score (nSPS) is 10.5. The molecule has 3 nitrogen and oxygen atoms in total. The summed E-state index contributed by atoms with van der Waals surface area (Å²) in [5, 5.41) is 2.90. The van der Waals surface area contributed by atoms with Gasteiger partial charge in [-0.3, -0.25) is 4.79 Å². The highest BCUT2D eigenvalue weighted by Crippen LogP contribution is 2.16. The predicted molar refractivity (Wildman–Crippen MR) is 81.5 cm³/mol. The van der Waals surface area contributed by atoms with Gasteiger partial charge in [0.25, 0.3) is 5.91 Å². The highest BCUT2D eigenvalue weighted by Gasteiger charge is 2.11. The van der Waals surface area contributed by atoms with Gasteiger partial charge in [0.2, 0.25) is 0 Å². The van der Waals surface area contributed by atoms with E-state index < -0.39 is 0 Å². The standard InChI is InChI=1S/C15H17BrN2O/c1-3-4-11-5-7-13(8-6-11)17-15(19)14-9-12(16)10-18(14)2/h5-10H,3-4H2,1-2H3,(H,17,19). The number of aromatic nitrogens is 1. The molecule has 0 aliphatic heterocycles. The fraction of sp³-hybridized carbons (Fsp3) is 0.267. The van der Waals surface area contributed by atoms with Gasteiger partial charge < -0.3 is 9.88 Å². The number of carbonyl (C=O) groups is 1. The van der Waals surface area contributed by atoms with Gasteiger partial charge in [-0.2, -0.15) is 0 Å². The third kappa shape index (κ3) is 3.47. The second kappa shape index (κ2) is 6.06. The molecule has 2 aromatic rings. The lowest BCUT2D eigenvalue weighted by Crippen LogP contribution is -2.15. The first kappa shape index (κ1) is 13.9. The lowest BCUT2D eigenvalue weighted by molar-refractivity contribution is 0.101. The minimum absolute atomic E-state index is 0.101. The van der Waals surface area contributed by atoms with E-state index in [9.17, 15) is 4.79 Å². The Morgan fingerprint density at radius 2 is 2.00 bits per heavy atom. The SMILES string of the molecule is CCCc1ccc(NC(=O)c2cc(Br)cn2C)cc1. The third-order valence-electron chi connectivity index (χ3n) is 2.95. The zero-order valence-electron chi connectivity index (χ0n) is 11.1. The first-order valence-electron chi connectivity index (χ1n) is 6.32. The monoisotopic (exact) mass is 320 g/mol. The number of aryl methyl sites for hydroxylation is 2. The summed E-state index contributed by atoms with van der Waals surface area (Å²) in [6.45, 7) is 2.16. The number of amides is 1. The molecule has 2 rings (SSSR count). The van der Waals surface area contributed by atoms with Crippen molar-refractivity contribution in [2.75, 3.05) is 5.32 Å². The van der Waals surface area contributed by atoms with Crippen LogP contribution in [0.25, 0.3) is 0 Å². The Morgan fingerprint density at radius 3 is 2.53 bits per heavy atom. The Bertz CT molecular complexity index is 572. The van der Waals surface area contributed by atoms with Gasteiger partial charge in [0, 0.05) is 23.4 Å². The zero-order valence-corrected chi connectivity index (χ0v) is 12.7. The van der Waals surface area contributed by atoms with Gasteiger partial charge in [-0.25, -0.2) is 0 Å². The van der Waals surface area contributed by atoms with Crippen LogP contribution in [-0.4, -0.2) is 10.5 Å². The van der Waals surface area contributed by atoms with Crippen molar-refractivity contribution in [3.8, 4) is 0 Å². The molecule has 1 heterocycles. The second-order valence-electron chi connectivity index (χ2n) is 4.56. The van der Waals surface area contributed by atoms with Gasteiger partial charge in [0.05, 0.1) is 0 Å². The lowest BCUT2D eigenvalue weighted by Gasteiger charge is -2.07. The van der Waals surface area contributed by atoms with Gasteiger partial charge in [0.15, 0.2) is 0 Å². The lowest BCUT2D eigenvalue weighted by atomic mass is 10.1. The summed E-state index contributed by atoms with van der Waals surface area (Å²) < 4.78 is 2.70. The molecule has 0 radical (unpaired) electrons. The highest BCUT2D eigenvalue weighted by molar-refractivity contribution is 9.10. The summed E-state index contributed by atoms with van der Waals surface area (Å²) in [4.78, 5) is 12.1. The molecule has 0 saturated heterocycles. The van der Waals surface area contributed by atoms with E-state index in [-0.39, 0.29) is 5.91 Å². The van der Waals surface area contributed by atoms with Crippen LogP contribution >= 0.6 is 15.9 Å². The number of carbonyl (C=O) groups excluding carboxylic acids is 1. The molecule has 0 aliphatic rings. The Morgan fingerprint density at radius 1 is 1.32 bits per heavy atom. The van der Waals surface area contributed by atoms with Gasteiger partial charge >= 0.3 is 0 Å². The number of hydrogen-bond donors (Lipinski definition) is 1. The van der Waals surface area contributed by atoms with Crippen LogP contribution in [0.3, 0.4) is 0 Å². The Hall–Kier alpha value is -1.55. The van der Waals surface area contributed by atoms with Crippen LogP contribution < -0.4 is 5.32 Å². The molecule has 1 aromatic carbocycles. The summed E-state index contributed by atoms with van der Waals surface area (Å²) in [5.74, 6) is -0.101. The quantitative estimate of drug-likeness (QED) is 0.908. The molecule has 0 aliphatic carbocycles. The molecule has 0 saturated carbocycles. The third-order valence-corrected chi connectivity index (χ3v) is 3.39. The molecule has 100 valence electrons. The molecule has 19 heavy (non-hydrogen) atoms. The first-order chi connectivity index (χ1) is 9.10. The van der Waals surface area contributed by atoms with Crippen LogP contribution in [0.15, 0.2) is 41.0 Å². The molecular weight excluding hydrogens is 304 g/mol. The zero-order chi connectivity index (χ0) is 13.8. The average molecular weight is 321 g/mol. The molecule has 0 unspecified atom stereocenters. The molecule has 1 N–H and O–H groups in total. The van der Waals surface area contributed by atoms with Crippen LogP contribution in [-0.2, 0) is 13.5 Å². The topological polar surface area (TPSA) is 34.0 Å². The van der Waals surface area contributed by atoms with Crippen molar-refractivity contribution in [3.05, 3.63) is 52.3 Å². The van der Waals surface area contributed by atoms with E-state index in [2.05, 4.69) is 40.3 Å². The molecule has 4 heteroatoms. The number of anilines is 1. The Balaban J connectivity index is 2.08. The number of nitrogens with one attached hydrogen (secondary N) is 1. The van der Waals surface area contributed by atoms with Crippen molar-refractivity contribution in [2.24, 2.45) is 7.05 Å². The minimum Gasteiger partial charge on any atom is -0.345 e. The minimum atomic E-state index is -0.101. The fourth-order valence-corrected chi connectivity index (χ4v) is 2.51. The van der Waals surface area contributed by atoms with Gasteiger partial charge in [0.1, 0.15) is 5.69 Å². The van der Waals surface area contributed by atoms with E-state index in [0.717, 1.165) is 23.0 Å². The molecular formula is C15H17BrN2O. The smallest absolute Gasteiger partial charge is 0.272 e. The Labute approximate surface area is 121 Å². The van der Waals surface area contributed by atoms with Crippen molar-refractivity contribution in [1.29, 1.82) is 0 Å². The summed E-state index contributed by atoms with van der Waals surface area (Å²) in [6.07, 6.45) is 4.06. The molecule has 1 aromatic heterocycles. The second-order valence-corrected chi connectivity index (χ2v) is 5.47. The Kier molecular flexibility index (Phi) is 4.43. The molecule has 0 bridgehead atoms. The molecule has 0 spiro atoms. The number of hydrogen-bond acceptors (Lipinski definition) is 1. The van der Waals surface area contributed by atoms with Gasteiger partial charge in [-0.05, 0) is 46.1 Å². The van der Waals surface area contributed by atoms with Crippen molar-refractivity contribution < 1.29 is 4.79 Å². The highest BCUT2D eigenvalue weighted by atomic mass is 79.9. The number of benzene rings is 1. The van der Waals surface area contributed by atoms with E-state index in [1.54, 1.807) is 10.6 Å². The fourth-order valence-electron chi connectivity index (χ4n) is 1.99. The summed E-state index contributed by atoms with van der Waals surface area (Å²) in [5.41, 5.74) is 2.74. The summed E-state index contributed by atoms with van der Waals surface area (Å²) in [6, 6.07) is 9.81. The predicted octanol–water partition coefficient (Wildman–Crippen LogP) is 3.99. The van der Waals surface area contributed by atoms with Crippen molar-refractivity contribution in [2.45, 2.75) is 19.8 Å². The largest absolute Gasteiger partial charge is 0.345 e. The summed E-state index contributed by atoms with van der Waals surface area (Å²) >= 11 is 3.36. The van der Waals surface area contributed by atoms with Crippen molar-refractivity contribution in [1.82, 2.24) is 4.57 Å². The van der Waals surface area contributed by atoms with E-state index in [1.807, 2.05) is 25.4 Å².